The quantitative estimate of drug-likeness (QED) is 0.590. The summed E-state index contributed by atoms with van der Waals surface area (Å²) in [5.41, 5.74) is 2.37. The van der Waals surface area contributed by atoms with Crippen LogP contribution in [0.25, 0.3) is 0 Å². The molecule has 1 aromatic heterocycles. The highest BCUT2D eigenvalue weighted by atomic mass is 79.9. The Morgan fingerprint density at radius 2 is 2.21 bits per heavy atom. The van der Waals surface area contributed by atoms with Crippen molar-refractivity contribution in [3.05, 3.63) is 50.4 Å². The number of para-hydroxylation sites is 1. The molecule has 19 heavy (non-hydrogen) atoms. The molecule has 0 aliphatic carbocycles. The van der Waals surface area contributed by atoms with Gasteiger partial charge in [-0.15, -0.1) is 11.3 Å². The second-order valence-electron chi connectivity index (χ2n) is 3.68. The average Bonchev–Trinajstić information content (AvgIpc) is 2.81. The normalized spacial score (nSPS) is 10.3. The van der Waals surface area contributed by atoms with Gasteiger partial charge in [-0.2, -0.15) is 0 Å². The number of rotatable bonds is 4. The first-order valence-corrected chi connectivity index (χ1v) is 7.06. The summed E-state index contributed by atoms with van der Waals surface area (Å²) in [6.45, 7) is 0.373. The van der Waals surface area contributed by atoms with Gasteiger partial charge in [-0.1, -0.05) is 6.07 Å². The van der Waals surface area contributed by atoms with E-state index in [4.69, 9.17) is 5.84 Å². The third-order valence-electron chi connectivity index (χ3n) is 2.50. The van der Waals surface area contributed by atoms with Gasteiger partial charge in [-0.25, -0.2) is 4.39 Å². The number of carbonyl (C=O) groups excluding carboxylic acids is 1. The van der Waals surface area contributed by atoms with Crippen molar-refractivity contribution in [3.8, 4) is 0 Å². The predicted octanol–water partition coefficient (Wildman–Crippen LogP) is 2.87. The fourth-order valence-corrected chi connectivity index (χ4v) is 3.00. The van der Waals surface area contributed by atoms with Crippen LogP contribution in [0.3, 0.4) is 0 Å². The number of carbonyl (C=O) groups is 1. The second kappa shape index (κ2) is 6.14. The summed E-state index contributed by atoms with van der Waals surface area (Å²) < 4.78 is 14.4. The van der Waals surface area contributed by atoms with E-state index in [1.165, 1.54) is 29.5 Å². The predicted molar refractivity (Wildman–Crippen MR) is 77.4 cm³/mol. The number of benzene rings is 1. The molecule has 0 saturated carbocycles. The van der Waals surface area contributed by atoms with Crippen molar-refractivity contribution in [2.45, 2.75) is 6.54 Å². The molecule has 0 atom stereocenters. The maximum absolute atomic E-state index is 13.5. The maximum atomic E-state index is 13.5. The molecule has 0 aliphatic heterocycles. The van der Waals surface area contributed by atoms with E-state index >= 15 is 0 Å². The molecule has 0 fully saturated rings. The number of hydrogen-bond acceptors (Lipinski definition) is 4. The molecular weight excluding hydrogens is 333 g/mol. The van der Waals surface area contributed by atoms with Crippen molar-refractivity contribution < 1.29 is 9.18 Å². The zero-order chi connectivity index (χ0) is 13.8. The van der Waals surface area contributed by atoms with E-state index in [0.717, 1.165) is 9.35 Å². The van der Waals surface area contributed by atoms with Gasteiger partial charge >= 0.3 is 0 Å². The smallest absolute Gasteiger partial charge is 0.253 e. The molecule has 0 radical (unpaired) electrons. The van der Waals surface area contributed by atoms with Crippen LogP contribution < -0.4 is 16.6 Å². The van der Waals surface area contributed by atoms with Gasteiger partial charge in [-0.05, 0) is 39.5 Å². The van der Waals surface area contributed by atoms with E-state index in [1.54, 1.807) is 0 Å². The lowest BCUT2D eigenvalue weighted by molar-refractivity contribution is 0.0951. The summed E-state index contributed by atoms with van der Waals surface area (Å²) in [6.07, 6.45) is 0. The largest absolute Gasteiger partial charge is 0.347 e. The van der Waals surface area contributed by atoms with E-state index in [1.807, 2.05) is 11.4 Å². The van der Waals surface area contributed by atoms with Gasteiger partial charge < -0.3 is 10.7 Å². The van der Waals surface area contributed by atoms with Gasteiger partial charge in [0, 0.05) is 9.35 Å². The molecule has 1 aromatic carbocycles. The van der Waals surface area contributed by atoms with Crippen LogP contribution in [0.4, 0.5) is 10.1 Å². The molecule has 1 heterocycles. The van der Waals surface area contributed by atoms with Crippen LogP contribution in [-0.4, -0.2) is 5.91 Å². The molecule has 0 spiro atoms. The zero-order valence-corrected chi connectivity index (χ0v) is 12.1. The number of nitrogen functional groups attached to an aromatic ring is 1. The van der Waals surface area contributed by atoms with Crippen molar-refractivity contribution >= 4 is 38.9 Å². The molecule has 0 saturated heterocycles. The van der Waals surface area contributed by atoms with Crippen LogP contribution >= 0.6 is 27.3 Å². The van der Waals surface area contributed by atoms with Gasteiger partial charge in [0.25, 0.3) is 5.91 Å². The van der Waals surface area contributed by atoms with Gasteiger partial charge in [0.15, 0.2) is 0 Å². The average molecular weight is 344 g/mol. The molecule has 100 valence electrons. The van der Waals surface area contributed by atoms with Gasteiger partial charge in [0.1, 0.15) is 5.82 Å². The molecule has 2 rings (SSSR count). The number of thiophene rings is 1. The minimum Gasteiger partial charge on any atom is -0.347 e. The van der Waals surface area contributed by atoms with Crippen molar-refractivity contribution in [3.63, 3.8) is 0 Å². The summed E-state index contributed by atoms with van der Waals surface area (Å²) in [7, 11) is 0. The van der Waals surface area contributed by atoms with Gasteiger partial charge in [0.05, 0.1) is 17.8 Å². The highest BCUT2D eigenvalue weighted by molar-refractivity contribution is 9.10. The first-order chi connectivity index (χ1) is 9.13. The topological polar surface area (TPSA) is 67.1 Å². The van der Waals surface area contributed by atoms with Crippen molar-refractivity contribution in [1.82, 2.24) is 5.32 Å². The molecule has 1 amide bonds. The second-order valence-corrected chi connectivity index (χ2v) is 5.54. The Kier molecular flexibility index (Phi) is 4.52. The van der Waals surface area contributed by atoms with E-state index in [9.17, 15) is 9.18 Å². The zero-order valence-electron chi connectivity index (χ0n) is 9.74. The molecular formula is C12H11BrFN3OS. The first-order valence-electron chi connectivity index (χ1n) is 5.38. The third kappa shape index (κ3) is 3.12. The first kappa shape index (κ1) is 14.0. The maximum Gasteiger partial charge on any atom is 0.253 e. The Hall–Kier alpha value is -1.44. The standard InChI is InChI=1S/C12H11BrFN3OS/c13-8-4-5-19-10(8)6-16-12(18)7-2-1-3-9(14)11(7)17-15/h1-5,17H,6,15H2,(H,16,18). The minimum atomic E-state index is -0.563. The SMILES string of the molecule is NNc1c(F)cccc1C(=O)NCc1sccc1Br. The third-order valence-corrected chi connectivity index (χ3v) is 4.43. The van der Waals surface area contributed by atoms with Gasteiger partial charge in [0.2, 0.25) is 0 Å². The van der Waals surface area contributed by atoms with Crippen LogP contribution in [0, 0.1) is 5.82 Å². The molecule has 2 aromatic rings. The highest BCUT2D eigenvalue weighted by Gasteiger charge is 2.14. The lowest BCUT2D eigenvalue weighted by Gasteiger charge is -2.10. The number of nitrogens with one attached hydrogen (secondary N) is 2. The van der Waals surface area contributed by atoms with Crippen molar-refractivity contribution in [2.24, 2.45) is 5.84 Å². The monoisotopic (exact) mass is 343 g/mol. The Bertz CT molecular complexity index is 602. The van der Waals surface area contributed by atoms with E-state index in [-0.39, 0.29) is 17.2 Å². The van der Waals surface area contributed by atoms with E-state index in [0.29, 0.717) is 6.54 Å². The van der Waals surface area contributed by atoms with Crippen LogP contribution in [0.15, 0.2) is 34.1 Å². The van der Waals surface area contributed by atoms with Crippen LogP contribution in [0.1, 0.15) is 15.2 Å². The summed E-state index contributed by atoms with van der Waals surface area (Å²) in [5, 5.41) is 4.64. The Morgan fingerprint density at radius 3 is 2.84 bits per heavy atom. The van der Waals surface area contributed by atoms with Crippen LogP contribution in [0.2, 0.25) is 0 Å². The summed E-state index contributed by atoms with van der Waals surface area (Å²) in [6, 6.07) is 6.12. The molecule has 4 nitrogen and oxygen atoms in total. The number of amides is 1. The number of hydrogen-bond donors (Lipinski definition) is 3. The van der Waals surface area contributed by atoms with Crippen LogP contribution in [-0.2, 0) is 6.54 Å². The Labute approximate surface area is 121 Å². The minimum absolute atomic E-state index is 0.00903. The molecule has 0 unspecified atom stereocenters. The lowest BCUT2D eigenvalue weighted by Crippen LogP contribution is -2.25. The van der Waals surface area contributed by atoms with Crippen LogP contribution in [0.5, 0.6) is 0 Å². The lowest BCUT2D eigenvalue weighted by atomic mass is 10.1. The number of nitrogens with two attached hydrogens (primary N) is 1. The number of hydrazine groups is 1. The van der Waals surface area contributed by atoms with E-state index < -0.39 is 5.82 Å². The fraction of sp³-hybridized carbons (Fsp3) is 0.0833. The van der Waals surface area contributed by atoms with Crippen molar-refractivity contribution in [1.29, 1.82) is 0 Å². The number of anilines is 1. The molecule has 4 N–H and O–H groups in total. The number of halogens is 2. The highest BCUT2D eigenvalue weighted by Crippen LogP contribution is 2.23. The molecule has 0 bridgehead atoms. The van der Waals surface area contributed by atoms with E-state index in [2.05, 4.69) is 26.7 Å². The molecule has 7 heteroatoms. The fourth-order valence-electron chi connectivity index (χ4n) is 1.57. The Morgan fingerprint density at radius 1 is 1.42 bits per heavy atom. The summed E-state index contributed by atoms with van der Waals surface area (Å²) in [4.78, 5) is 13.0. The summed E-state index contributed by atoms with van der Waals surface area (Å²) >= 11 is 4.90. The summed E-state index contributed by atoms with van der Waals surface area (Å²) in [5.74, 6) is 4.28. The van der Waals surface area contributed by atoms with Crippen molar-refractivity contribution in [2.75, 3.05) is 5.43 Å². The Balaban J connectivity index is 2.12. The van der Waals surface area contributed by atoms with Gasteiger partial charge in [-0.3, -0.25) is 10.6 Å². The molecule has 0 aliphatic rings.